The summed E-state index contributed by atoms with van der Waals surface area (Å²) >= 11 is 7.48. The van der Waals surface area contributed by atoms with Gasteiger partial charge in [0.05, 0.1) is 11.4 Å². The van der Waals surface area contributed by atoms with Crippen LogP contribution in [0, 0.1) is 0 Å². The van der Waals surface area contributed by atoms with E-state index in [-0.39, 0.29) is 24.8 Å². The highest BCUT2D eigenvalue weighted by molar-refractivity contribution is 7.08. The van der Waals surface area contributed by atoms with Crippen LogP contribution in [0.3, 0.4) is 0 Å². The Labute approximate surface area is 153 Å². The lowest BCUT2D eigenvalue weighted by Gasteiger charge is -2.12. The van der Waals surface area contributed by atoms with Crippen molar-refractivity contribution in [3.8, 4) is 5.69 Å². The van der Waals surface area contributed by atoms with Crippen molar-refractivity contribution in [2.24, 2.45) is 0 Å². The molecule has 0 fully saturated rings. The largest absolute Gasteiger partial charge is 0.351 e. The fraction of sp³-hybridized carbons (Fsp3) is 0.118. The van der Waals surface area contributed by atoms with Gasteiger partial charge in [-0.25, -0.2) is 4.68 Å². The van der Waals surface area contributed by atoms with Crippen molar-refractivity contribution in [1.82, 2.24) is 15.1 Å². The Kier molecular flexibility index (Phi) is 5.47. The van der Waals surface area contributed by atoms with Gasteiger partial charge in [-0.1, -0.05) is 11.6 Å². The predicted octanol–water partition coefficient (Wildman–Crippen LogP) is 3.35. The van der Waals surface area contributed by atoms with E-state index in [0.717, 1.165) is 0 Å². The molecule has 0 atom stereocenters. The number of rotatable bonds is 6. The molecule has 3 rings (SSSR count). The highest BCUT2D eigenvalue weighted by Crippen LogP contribution is 2.24. The molecule has 0 radical (unpaired) electrons. The van der Waals surface area contributed by atoms with E-state index < -0.39 is 0 Å². The van der Waals surface area contributed by atoms with Gasteiger partial charge in [0.2, 0.25) is 5.91 Å². The summed E-state index contributed by atoms with van der Waals surface area (Å²) in [5.74, 6) is -0.407. The number of anilines is 1. The van der Waals surface area contributed by atoms with Crippen molar-refractivity contribution in [3.63, 3.8) is 0 Å². The lowest BCUT2D eigenvalue weighted by molar-refractivity contribution is -0.116. The van der Waals surface area contributed by atoms with Gasteiger partial charge in [0, 0.05) is 41.3 Å². The maximum absolute atomic E-state index is 12.2. The molecule has 0 aliphatic carbocycles. The molecule has 0 aliphatic heterocycles. The SMILES string of the molecule is O=C(CCNC(=O)c1ccsc1)Nc1cc(Cl)ccc1-n1cccn1. The van der Waals surface area contributed by atoms with E-state index in [9.17, 15) is 9.59 Å². The average Bonchev–Trinajstić information content (AvgIpc) is 3.29. The molecule has 2 N–H and O–H groups in total. The topological polar surface area (TPSA) is 76.0 Å². The Morgan fingerprint density at radius 2 is 2.16 bits per heavy atom. The molecule has 2 heterocycles. The van der Waals surface area contributed by atoms with Gasteiger partial charge in [-0.05, 0) is 35.7 Å². The van der Waals surface area contributed by atoms with Gasteiger partial charge in [0.1, 0.15) is 0 Å². The van der Waals surface area contributed by atoms with Gasteiger partial charge in [0.25, 0.3) is 5.91 Å². The van der Waals surface area contributed by atoms with Crippen LogP contribution in [-0.4, -0.2) is 28.1 Å². The number of nitrogens with zero attached hydrogens (tertiary/aromatic N) is 2. The van der Waals surface area contributed by atoms with Crippen molar-refractivity contribution < 1.29 is 9.59 Å². The minimum absolute atomic E-state index is 0.154. The summed E-state index contributed by atoms with van der Waals surface area (Å²) < 4.78 is 1.64. The monoisotopic (exact) mass is 374 g/mol. The second-order valence-corrected chi connectivity index (χ2v) is 6.39. The van der Waals surface area contributed by atoms with Gasteiger partial charge in [-0.3, -0.25) is 9.59 Å². The Hall–Kier alpha value is -2.64. The minimum atomic E-state index is -0.221. The molecule has 25 heavy (non-hydrogen) atoms. The van der Waals surface area contributed by atoms with Gasteiger partial charge in [0.15, 0.2) is 0 Å². The summed E-state index contributed by atoms with van der Waals surface area (Å²) in [6, 6.07) is 8.71. The summed E-state index contributed by atoms with van der Waals surface area (Å²) in [7, 11) is 0. The summed E-state index contributed by atoms with van der Waals surface area (Å²) in [5, 5.41) is 13.8. The Morgan fingerprint density at radius 1 is 1.28 bits per heavy atom. The molecule has 0 unspecified atom stereocenters. The lowest BCUT2D eigenvalue weighted by Crippen LogP contribution is -2.27. The van der Waals surface area contributed by atoms with Crippen LogP contribution in [0.15, 0.2) is 53.5 Å². The lowest BCUT2D eigenvalue weighted by atomic mass is 10.2. The van der Waals surface area contributed by atoms with Crippen LogP contribution in [0.2, 0.25) is 5.02 Å². The molecule has 0 spiro atoms. The Balaban J connectivity index is 1.59. The normalized spacial score (nSPS) is 10.4. The third-order valence-corrected chi connectivity index (χ3v) is 4.32. The third-order valence-electron chi connectivity index (χ3n) is 3.40. The summed E-state index contributed by atoms with van der Waals surface area (Å²) in [4.78, 5) is 24.0. The first-order valence-electron chi connectivity index (χ1n) is 7.53. The van der Waals surface area contributed by atoms with Crippen molar-refractivity contribution in [2.75, 3.05) is 11.9 Å². The summed E-state index contributed by atoms with van der Waals surface area (Å²) in [6.45, 7) is 0.248. The van der Waals surface area contributed by atoms with Crippen LogP contribution in [0.1, 0.15) is 16.8 Å². The maximum Gasteiger partial charge on any atom is 0.252 e. The second kappa shape index (κ2) is 7.96. The van der Waals surface area contributed by atoms with Gasteiger partial charge < -0.3 is 10.6 Å². The minimum Gasteiger partial charge on any atom is -0.351 e. The van der Waals surface area contributed by atoms with Crippen LogP contribution >= 0.6 is 22.9 Å². The summed E-state index contributed by atoms with van der Waals surface area (Å²) in [5.41, 5.74) is 1.87. The third kappa shape index (κ3) is 4.46. The quantitative estimate of drug-likeness (QED) is 0.694. The van der Waals surface area contributed by atoms with E-state index in [0.29, 0.717) is 22.0 Å². The van der Waals surface area contributed by atoms with E-state index in [1.165, 1.54) is 11.3 Å². The van der Waals surface area contributed by atoms with Crippen molar-refractivity contribution in [1.29, 1.82) is 0 Å². The van der Waals surface area contributed by atoms with E-state index in [1.54, 1.807) is 52.8 Å². The molecular weight excluding hydrogens is 360 g/mol. The molecule has 3 aromatic rings. The average molecular weight is 375 g/mol. The van der Waals surface area contributed by atoms with Gasteiger partial charge in [-0.15, -0.1) is 0 Å². The number of thiophene rings is 1. The standard InChI is InChI=1S/C17H15ClN4O2S/c18-13-2-3-15(22-8-1-6-20-22)14(10-13)21-16(23)4-7-19-17(24)12-5-9-25-11-12/h1-3,5-6,8-11H,4,7H2,(H,19,24)(H,21,23). The first-order valence-corrected chi connectivity index (χ1v) is 8.85. The first-order chi connectivity index (χ1) is 12.1. The molecule has 6 nitrogen and oxygen atoms in total. The van der Waals surface area contributed by atoms with Gasteiger partial charge >= 0.3 is 0 Å². The zero-order chi connectivity index (χ0) is 17.6. The van der Waals surface area contributed by atoms with Crippen molar-refractivity contribution in [2.45, 2.75) is 6.42 Å². The van der Waals surface area contributed by atoms with E-state index >= 15 is 0 Å². The van der Waals surface area contributed by atoms with Crippen molar-refractivity contribution in [3.05, 3.63) is 64.1 Å². The smallest absolute Gasteiger partial charge is 0.252 e. The number of nitrogens with one attached hydrogen (secondary N) is 2. The Bertz CT molecular complexity index is 863. The molecule has 2 aromatic heterocycles. The summed E-state index contributed by atoms with van der Waals surface area (Å²) in [6.07, 6.45) is 3.58. The highest BCUT2D eigenvalue weighted by Gasteiger charge is 2.11. The van der Waals surface area contributed by atoms with Crippen LogP contribution in [0.5, 0.6) is 0 Å². The zero-order valence-corrected chi connectivity index (χ0v) is 14.7. The highest BCUT2D eigenvalue weighted by atomic mass is 35.5. The number of carbonyl (C=O) groups is 2. The number of halogens is 1. The zero-order valence-electron chi connectivity index (χ0n) is 13.1. The molecule has 0 saturated heterocycles. The van der Waals surface area contributed by atoms with E-state index in [4.69, 9.17) is 11.6 Å². The van der Waals surface area contributed by atoms with Crippen LogP contribution < -0.4 is 10.6 Å². The number of hydrogen-bond donors (Lipinski definition) is 2. The molecular formula is C17H15ClN4O2S. The van der Waals surface area contributed by atoms with Crippen molar-refractivity contribution >= 4 is 40.4 Å². The van der Waals surface area contributed by atoms with Gasteiger partial charge in [-0.2, -0.15) is 16.4 Å². The van der Waals surface area contributed by atoms with Crippen LogP contribution in [0.25, 0.3) is 5.69 Å². The first kappa shape index (κ1) is 17.2. The molecule has 1 aromatic carbocycles. The fourth-order valence-electron chi connectivity index (χ4n) is 2.22. The predicted molar refractivity (Wildman–Crippen MR) is 98.5 cm³/mol. The molecule has 0 aliphatic rings. The number of hydrogen-bond acceptors (Lipinski definition) is 4. The second-order valence-electron chi connectivity index (χ2n) is 5.18. The van der Waals surface area contributed by atoms with E-state index in [2.05, 4.69) is 15.7 Å². The number of aromatic nitrogens is 2. The number of amides is 2. The molecule has 0 saturated carbocycles. The van der Waals surface area contributed by atoms with Crippen LogP contribution in [-0.2, 0) is 4.79 Å². The number of benzene rings is 1. The molecule has 128 valence electrons. The molecule has 0 bridgehead atoms. The Morgan fingerprint density at radius 3 is 2.88 bits per heavy atom. The van der Waals surface area contributed by atoms with Crippen LogP contribution in [0.4, 0.5) is 5.69 Å². The van der Waals surface area contributed by atoms with E-state index in [1.807, 2.05) is 5.38 Å². The molecule has 2 amide bonds. The fourth-order valence-corrected chi connectivity index (χ4v) is 3.03. The maximum atomic E-state index is 12.2. The molecule has 8 heteroatoms. The number of carbonyl (C=O) groups excluding carboxylic acids is 2.